The van der Waals surface area contributed by atoms with Gasteiger partial charge < -0.3 is 25.6 Å². The number of carbonyl (C=O) groups excluding carboxylic acids is 2. The number of carbonyl (C=O) groups is 3. The Morgan fingerprint density at radius 2 is 1.63 bits per heavy atom. The second-order valence-electron chi connectivity index (χ2n) is 12.9. The zero-order valence-electron chi connectivity index (χ0n) is 24.6. The minimum Gasteiger partial charge on any atom is -0.481 e. The first-order chi connectivity index (χ1) is 19.4. The van der Waals surface area contributed by atoms with Crippen LogP contribution in [0.4, 0.5) is 4.79 Å². The smallest absolute Gasteiger partial charge is 0.408 e. The number of amides is 2. The Morgan fingerprint density at radius 1 is 1.02 bits per heavy atom. The molecule has 0 spiro atoms. The molecule has 41 heavy (non-hydrogen) atoms. The van der Waals surface area contributed by atoms with Crippen molar-refractivity contribution in [3.8, 4) is 0 Å². The fourth-order valence-electron chi connectivity index (χ4n) is 7.30. The summed E-state index contributed by atoms with van der Waals surface area (Å²) in [6.45, 7) is 8.54. The van der Waals surface area contributed by atoms with E-state index in [0.29, 0.717) is 17.9 Å². The van der Waals surface area contributed by atoms with E-state index in [-0.39, 0.29) is 36.2 Å². The highest BCUT2D eigenvalue weighted by Crippen LogP contribution is 2.67. The molecule has 0 saturated heterocycles. The Morgan fingerprint density at radius 3 is 2.17 bits per heavy atom. The van der Waals surface area contributed by atoms with Gasteiger partial charge in [0.25, 0.3) is 0 Å². The van der Waals surface area contributed by atoms with Gasteiger partial charge in [0.1, 0.15) is 18.4 Å². The highest BCUT2D eigenvalue weighted by atomic mass is 16.5. The lowest BCUT2D eigenvalue weighted by atomic mass is 9.61. The molecule has 2 fully saturated rings. The SMILES string of the molecule is CCC(O)(CC1C2(C)CCC(C2)C1(C)C)NC(=O)[C@@H](NC(=O)OCc1ccccc1)C(Cc1ccccc1)C(=O)O. The first kappa shape index (κ1) is 30.6. The summed E-state index contributed by atoms with van der Waals surface area (Å²) in [5.41, 5.74) is -0.00494. The molecule has 0 heterocycles. The topological polar surface area (TPSA) is 125 Å². The van der Waals surface area contributed by atoms with Crippen LogP contribution in [0.2, 0.25) is 0 Å². The van der Waals surface area contributed by atoms with Crippen LogP contribution in [0.1, 0.15) is 70.9 Å². The third kappa shape index (κ3) is 6.92. The van der Waals surface area contributed by atoms with Crippen LogP contribution < -0.4 is 10.6 Å². The summed E-state index contributed by atoms with van der Waals surface area (Å²) in [7, 11) is 0. The second kappa shape index (κ2) is 12.2. The van der Waals surface area contributed by atoms with Crippen molar-refractivity contribution >= 4 is 18.0 Å². The number of carboxylic acid groups (broad SMARTS) is 1. The van der Waals surface area contributed by atoms with Crippen molar-refractivity contribution in [2.45, 2.75) is 84.6 Å². The number of hydrogen-bond acceptors (Lipinski definition) is 5. The lowest BCUT2D eigenvalue weighted by Crippen LogP contribution is -2.60. The fourth-order valence-corrected chi connectivity index (χ4v) is 7.30. The van der Waals surface area contributed by atoms with Gasteiger partial charge in [-0.25, -0.2) is 4.79 Å². The van der Waals surface area contributed by atoms with Gasteiger partial charge in [-0.1, -0.05) is 88.4 Å². The van der Waals surface area contributed by atoms with Crippen LogP contribution in [0, 0.1) is 28.6 Å². The first-order valence-electron chi connectivity index (χ1n) is 14.7. The number of aliphatic carboxylic acids is 1. The second-order valence-corrected chi connectivity index (χ2v) is 12.9. The molecular formula is C33H44N2O6. The minimum atomic E-state index is -1.56. The van der Waals surface area contributed by atoms with E-state index in [9.17, 15) is 24.6 Å². The summed E-state index contributed by atoms with van der Waals surface area (Å²) in [5.74, 6) is -2.52. The molecule has 0 radical (unpaired) electrons. The summed E-state index contributed by atoms with van der Waals surface area (Å²) < 4.78 is 5.34. The molecule has 8 heteroatoms. The molecular weight excluding hydrogens is 520 g/mol. The molecule has 4 N–H and O–H groups in total. The van der Waals surface area contributed by atoms with Gasteiger partial charge in [-0.05, 0) is 72.3 Å². The van der Waals surface area contributed by atoms with Crippen molar-refractivity contribution in [2.75, 3.05) is 0 Å². The maximum Gasteiger partial charge on any atom is 0.408 e. The van der Waals surface area contributed by atoms with Crippen molar-refractivity contribution < 1.29 is 29.3 Å². The van der Waals surface area contributed by atoms with E-state index in [1.807, 2.05) is 24.3 Å². The monoisotopic (exact) mass is 564 g/mol. The summed E-state index contributed by atoms with van der Waals surface area (Å²) in [5, 5.41) is 27.2. The molecule has 0 aliphatic heterocycles. The number of ether oxygens (including phenoxy) is 1. The van der Waals surface area contributed by atoms with Crippen LogP contribution in [-0.2, 0) is 27.4 Å². The molecule has 2 bridgehead atoms. The molecule has 2 saturated carbocycles. The van der Waals surface area contributed by atoms with Gasteiger partial charge in [0, 0.05) is 0 Å². The first-order valence-corrected chi connectivity index (χ1v) is 14.7. The molecule has 2 aromatic rings. The zero-order valence-corrected chi connectivity index (χ0v) is 24.6. The lowest BCUT2D eigenvalue weighted by Gasteiger charge is -2.46. The number of carboxylic acids is 1. The quantitative estimate of drug-likeness (QED) is 0.260. The van der Waals surface area contributed by atoms with Gasteiger partial charge in [0.2, 0.25) is 5.91 Å². The fraction of sp³-hybridized carbons (Fsp3) is 0.545. The van der Waals surface area contributed by atoms with Gasteiger partial charge in [-0.15, -0.1) is 0 Å². The normalized spacial score (nSPS) is 25.5. The van der Waals surface area contributed by atoms with Crippen LogP contribution >= 0.6 is 0 Å². The van der Waals surface area contributed by atoms with Crippen molar-refractivity contribution in [1.82, 2.24) is 10.6 Å². The van der Waals surface area contributed by atoms with Crippen LogP contribution in [0.15, 0.2) is 60.7 Å². The third-order valence-corrected chi connectivity index (χ3v) is 9.84. The predicted molar refractivity (Wildman–Crippen MR) is 156 cm³/mol. The third-order valence-electron chi connectivity index (χ3n) is 9.84. The van der Waals surface area contributed by atoms with Crippen molar-refractivity contribution in [3.63, 3.8) is 0 Å². The molecule has 222 valence electrons. The Hall–Kier alpha value is -3.39. The van der Waals surface area contributed by atoms with E-state index in [4.69, 9.17) is 4.74 Å². The Bertz CT molecular complexity index is 1210. The van der Waals surface area contributed by atoms with Crippen LogP contribution in [-0.4, -0.2) is 39.9 Å². The molecule has 2 aliphatic rings. The minimum absolute atomic E-state index is 0.00713. The number of alkyl carbamates (subject to hydrolysis) is 1. The largest absolute Gasteiger partial charge is 0.481 e. The highest BCUT2D eigenvalue weighted by molar-refractivity contribution is 5.91. The number of aliphatic hydroxyl groups is 1. The standard InChI is InChI=1S/C33H44N2O6/c1-5-33(40,20-26-31(2,3)24-16-17-32(26,4)19-24)35-28(36)27(25(29(37)38)18-22-12-8-6-9-13-22)34-30(39)41-21-23-14-10-7-11-15-23/h6-15,24-27,40H,5,16-21H2,1-4H3,(H,34,39)(H,35,36)(H,37,38)/t24?,25?,26?,27-,32?,33?/m0/s1. The maximum atomic E-state index is 13.8. The highest BCUT2D eigenvalue weighted by Gasteiger charge is 2.60. The number of hydrogen-bond donors (Lipinski definition) is 4. The van der Waals surface area contributed by atoms with E-state index in [0.717, 1.165) is 18.4 Å². The number of fused-ring (bicyclic) bond motifs is 2. The van der Waals surface area contributed by atoms with E-state index in [1.165, 1.54) is 6.42 Å². The number of benzene rings is 2. The van der Waals surface area contributed by atoms with Gasteiger partial charge in [0.15, 0.2) is 0 Å². The van der Waals surface area contributed by atoms with Crippen LogP contribution in [0.5, 0.6) is 0 Å². The van der Waals surface area contributed by atoms with Crippen LogP contribution in [0.3, 0.4) is 0 Å². The molecule has 6 atom stereocenters. The Labute approximate surface area is 242 Å². The van der Waals surface area contributed by atoms with Crippen molar-refractivity contribution in [3.05, 3.63) is 71.8 Å². The number of nitrogens with one attached hydrogen (secondary N) is 2. The summed E-state index contributed by atoms with van der Waals surface area (Å²) in [6.07, 6.45) is 3.07. The molecule has 5 unspecified atom stereocenters. The Balaban J connectivity index is 1.55. The average Bonchev–Trinajstić information content (AvgIpc) is 3.43. The van der Waals surface area contributed by atoms with E-state index < -0.39 is 35.7 Å². The molecule has 2 aromatic carbocycles. The van der Waals surface area contributed by atoms with Gasteiger partial charge >= 0.3 is 12.1 Å². The molecule has 2 amide bonds. The molecule has 2 aliphatic carbocycles. The van der Waals surface area contributed by atoms with Crippen molar-refractivity contribution in [1.29, 1.82) is 0 Å². The maximum absolute atomic E-state index is 13.8. The van der Waals surface area contributed by atoms with Gasteiger partial charge in [0.05, 0.1) is 5.92 Å². The molecule has 4 rings (SSSR count). The van der Waals surface area contributed by atoms with Crippen molar-refractivity contribution in [2.24, 2.45) is 28.6 Å². The molecule has 0 aromatic heterocycles. The average molecular weight is 565 g/mol. The summed E-state index contributed by atoms with van der Waals surface area (Å²) in [6, 6.07) is 16.6. The lowest BCUT2D eigenvalue weighted by molar-refractivity contribution is -0.148. The summed E-state index contributed by atoms with van der Waals surface area (Å²) in [4.78, 5) is 39.2. The summed E-state index contributed by atoms with van der Waals surface area (Å²) >= 11 is 0. The van der Waals surface area contributed by atoms with E-state index in [2.05, 4.69) is 31.4 Å². The van der Waals surface area contributed by atoms with E-state index in [1.54, 1.807) is 43.3 Å². The van der Waals surface area contributed by atoms with Gasteiger partial charge in [-0.2, -0.15) is 0 Å². The zero-order chi connectivity index (χ0) is 29.8. The predicted octanol–water partition coefficient (Wildman–Crippen LogP) is 5.29. The Kier molecular flexibility index (Phi) is 9.12. The van der Waals surface area contributed by atoms with Gasteiger partial charge in [-0.3, -0.25) is 9.59 Å². The van der Waals surface area contributed by atoms with Crippen LogP contribution in [0.25, 0.3) is 0 Å². The molecule has 8 nitrogen and oxygen atoms in total. The van der Waals surface area contributed by atoms with E-state index >= 15 is 0 Å². The number of rotatable bonds is 12.